The molecular weight excluding hydrogens is 236 g/mol. The van der Waals surface area contributed by atoms with E-state index in [9.17, 15) is 14.4 Å². The van der Waals surface area contributed by atoms with Crippen molar-refractivity contribution in [1.29, 1.82) is 0 Å². The molecule has 0 aromatic carbocycles. The van der Waals surface area contributed by atoms with Crippen LogP contribution in [0.4, 0.5) is 0 Å². The van der Waals surface area contributed by atoms with E-state index in [0.717, 1.165) is 6.42 Å². The zero-order chi connectivity index (χ0) is 14.1. The number of aliphatic carboxylic acids is 1. The van der Waals surface area contributed by atoms with Crippen LogP contribution in [0.1, 0.15) is 33.1 Å². The van der Waals surface area contributed by atoms with Crippen molar-refractivity contribution < 1.29 is 19.5 Å². The Labute approximate surface area is 107 Å². The van der Waals surface area contributed by atoms with E-state index in [1.54, 1.807) is 7.05 Å². The monoisotopic (exact) mass is 258 g/mol. The van der Waals surface area contributed by atoms with Gasteiger partial charge in [-0.2, -0.15) is 0 Å². The molecule has 2 N–H and O–H groups in total. The van der Waals surface area contributed by atoms with Gasteiger partial charge in [-0.05, 0) is 18.8 Å². The summed E-state index contributed by atoms with van der Waals surface area (Å²) in [4.78, 5) is 34.0. The van der Waals surface area contributed by atoms with Crippen molar-refractivity contribution in [3.8, 4) is 0 Å². The molecule has 18 heavy (non-hydrogen) atoms. The van der Waals surface area contributed by atoms with E-state index < -0.39 is 5.97 Å². The highest BCUT2D eigenvalue weighted by Crippen LogP contribution is 2.08. The number of hydrogen-bond acceptors (Lipinski definition) is 3. The Kier molecular flexibility index (Phi) is 7.74. The van der Waals surface area contributed by atoms with Gasteiger partial charge in [0.15, 0.2) is 0 Å². The molecule has 104 valence electrons. The minimum atomic E-state index is -0.797. The van der Waals surface area contributed by atoms with Crippen molar-refractivity contribution in [2.45, 2.75) is 33.1 Å². The third-order valence-electron chi connectivity index (χ3n) is 2.73. The Balaban J connectivity index is 3.67. The lowest BCUT2D eigenvalue weighted by Gasteiger charge is -2.15. The number of nitrogens with zero attached hydrogens (tertiary/aromatic N) is 1. The number of carboxylic acid groups (broad SMARTS) is 1. The third kappa shape index (κ3) is 8.55. The van der Waals surface area contributed by atoms with Crippen molar-refractivity contribution in [3.63, 3.8) is 0 Å². The van der Waals surface area contributed by atoms with Gasteiger partial charge in [0.05, 0.1) is 6.54 Å². The summed E-state index contributed by atoms with van der Waals surface area (Å²) in [5.74, 6) is -0.890. The number of carboxylic acids is 1. The molecule has 0 radical (unpaired) electrons. The van der Waals surface area contributed by atoms with E-state index in [4.69, 9.17) is 5.11 Å². The summed E-state index contributed by atoms with van der Waals surface area (Å²) in [5.41, 5.74) is 0. The summed E-state index contributed by atoms with van der Waals surface area (Å²) < 4.78 is 0. The van der Waals surface area contributed by atoms with Crippen LogP contribution in [0.15, 0.2) is 0 Å². The number of amides is 2. The van der Waals surface area contributed by atoms with Crippen LogP contribution < -0.4 is 5.32 Å². The summed E-state index contributed by atoms with van der Waals surface area (Å²) in [7, 11) is 1.57. The average Bonchev–Trinajstić information content (AvgIpc) is 2.26. The first-order valence-electron chi connectivity index (χ1n) is 6.03. The van der Waals surface area contributed by atoms with E-state index in [-0.39, 0.29) is 30.7 Å². The third-order valence-corrected chi connectivity index (χ3v) is 2.73. The van der Waals surface area contributed by atoms with E-state index in [2.05, 4.69) is 5.32 Å². The van der Waals surface area contributed by atoms with Crippen LogP contribution in [0, 0.1) is 5.92 Å². The van der Waals surface area contributed by atoms with Crippen LogP contribution in [0.3, 0.4) is 0 Å². The molecule has 0 rings (SSSR count). The SMILES string of the molecule is CC(=O)N(C)CC(=O)NCCC(C)CCC(=O)O. The molecule has 2 amide bonds. The largest absolute Gasteiger partial charge is 0.481 e. The molecule has 0 spiro atoms. The molecule has 0 aromatic rings. The van der Waals surface area contributed by atoms with E-state index in [0.29, 0.717) is 13.0 Å². The predicted octanol–water partition coefficient (Wildman–Crippen LogP) is 0.472. The minimum absolute atomic E-state index is 0.0544. The van der Waals surface area contributed by atoms with Gasteiger partial charge in [-0.25, -0.2) is 0 Å². The number of nitrogens with one attached hydrogen (secondary N) is 1. The first kappa shape index (κ1) is 16.4. The zero-order valence-corrected chi connectivity index (χ0v) is 11.2. The normalized spacial score (nSPS) is 11.7. The summed E-state index contributed by atoms with van der Waals surface area (Å²) >= 11 is 0. The number of hydrogen-bond donors (Lipinski definition) is 2. The molecule has 6 heteroatoms. The minimum Gasteiger partial charge on any atom is -0.481 e. The average molecular weight is 258 g/mol. The summed E-state index contributed by atoms with van der Waals surface area (Å²) in [6.07, 6.45) is 1.50. The smallest absolute Gasteiger partial charge is 0.303 e. The molecule has 0 saturated carbocycles. The van der Waals surface area contributed by atoms with E-state index in [1.807, 2.05) is 6.92 Å². The molecule has 0 heterocycles. The highest BCUT2D eigenvalue weighted by Gasteiger charge is 2.09. The van der Waals surface area contributed by atoms with Crippen LogP contribution >= 0.6 is 0 Å². The van der Waals surface area contributed by atoms with Crippen LogP contribution in [0.2, 0.25) is 0 Å². The molecule has 6 nitrogen and oxygen atoms in total. The number of carbonyl (C=O) groups excluding carboxylic acids is 2. The molecular formula is C12H22N2O4. The molecule has 0 aromatic heterocycles. The molecule has 1 unspecified atom stereocenters. The molecule has 0 saturated heterocycles. The van der Waals surface area contributed by atoms with Gasteiger partial charge in [-0.15, -0.1) is 0 Å². The van der Waals surface area contributed by atoms with E-state index in [1.165, 1.54) is 11.8 Å². The molecule has 0 aliphatic heterocycles. The van der Waals surface area contributed by atoms with E-state index >= 15 is 0 Å². The van der Waals surface area contributed by atoms with Gasteiger partial charge in [-0.1, -0.05) is 6.92 Å². The van der Waals surface area contributed by atoms with Gasteiger partial charge in [-0.3, -0.25) is 14.4 Å². The number of rotatable bonds is 8. The fourth-order valence-corrected chi connectivity index (χ4v) is 1.35. The lowest BCUT2D eigenvalue weighted by atomic mass is 10.0. The van der Waals surface area contributed by atoms with Gasteiger partial charge >= 0.3 is 5.97 Å². The molecule has 1 atom stereocenters. The highest BCUT2D eigenvalue weighted by atomic mass is 16.4. The zero-order valence-electron chi connectivity index (χ0n) is 11.2. The van der Waals surface area contributed by atoms with Crippen molar-refractivity contribution in [2.24, 2.45) is 5.92 Å². The Hall–Kier alpha value is -1.59. The van der Waals surface area contributed by atoms with Crippen LogP contribution in [-0.4, -0.2) is 47.9 Å². The maximum Gasteiger partial charge on any atom is 0.303 e. The van der Waals surface area contributed by atoms with Crippen molar-refractivity contribution in [1.82, 2.24) is 10.2 Å². The maximum absolute atomic E-state index is 11.4. The topological polar surface area (TPSA) is 86.7 Å². The Morgan fingerprint density at radius 3 is 2.39 bits per heavy atom. The first-order valence-corrected chi connectivity index (χ1v) is 6.03. The fourth-order valence-electron chi connectivity index (χ4n) is 1.35. The Morgan fingerprint density at radius 1 is 1.28 bits per heavy atom. The van der Waals surface area contributed by atoms with Gasteiger partial charge in [0.25, 0.3) is 0 Å². The second kappa shape index (κ2) is 8.49. The fraction of sp³-hybridized carbons (Fsp3) is 0.750. The molecule has 0 bridgehead atoms. The first-order chi connectivity index (χ1) is 8.32. The maximum atomic E-state index is 11.4. The predicted molar refractivity (Wildman–Crippen MR) is 67.0 cm³/mol. The number of likely N-dealkylation sites (N-methyl/N-ethyl adjacent to an activating group) is 1. The highest BCUT2D eigenvalue weighted by molar-refractivity contribution is 5.83. The quantitative estimate of drug-likeness (QED) is 0.662. The summed E-state index contributed by atoms with van der Waals surface area (Å²) in [6.45, 7) is 3.92. The van der Waals surface area contributed by atoms with Gasteiger partial charge < -0.3 is 15.3 Å². The standard InChI is InChI=1S/C12H22N2O4/c1-9(4-5-12(17)18)6-7-13-11(16)8-14(3)10(2)15/h9H,4-8H2,1-3H3,(H,13,16)(H,17,18). The molecule has 0 aliphatic carbocycles. The molecule has 0 fully saturated rings. The summed E-state index contributed by atoms with van der Waals surface area (Å²) in [6, 6.07) is 0. The van der Waals surface area contributed by atoms with Gasteiger partial charge in [0.2, 0.25) is 11.8 Å². The second-order valence-corrected chi connectivity index (χ2v) is 4.55. The van der Waals surface area contributed by atoms with Crippen molar-refractivity contribution in [2.75, 3.05) is 20.1 Å². The molecule has 0 aliphatic rings. The second-order valence-electron chi connectivity index (χ2n) is 4.55. The Bertz CT molecular complexity index is 304. The van der Waals surface area contributed by atoms with Crippen LogP contribution in [0.5, 0.6) is 0 Å². The Morgan fingerprint density at radius 2 is 1.89 bits per heavy atom. The lowest BCUT2D eigenvalue weighted by Crippen LogP contribution is -2.37. The van der Waals surface area contributed by atoms with Gasteiger partial charge in [0, 0.05) is 26.9 Å². The van der Waals surface area contributed by atoms with Crippen LogP contribution in [-0.2, 0) is 14.4 Å². The lowest BCUT2D eigenvalue weighted by molar-refractivity contribution is -0.137. The van der Waals surface area contributed by atoms with Gasteiger partial charge in [0.1, 0.15) is 0 Å². The van der Waals surface area contributed by atoms with Crippen LogP contribution in [0.25, 0.3) is 0 Å². The van der Waals surface area contributed by atoms with Crippen molar-refractivity contribution >= 4 is 17.8 Å². The summed E-state index contributed by atoms with van der Waals surface area (Å²) in [5, 5.41) is 11.2. The van der Waals surface area contributed by atoms with Crippen molar-refractivity contribution in [3.05, 3.63) is 0 Å². The number of carbonyl (C=O) groups is 3.